The zero-order valence-electron chi connectivity index (χ0n) is 8.31. The number of nitrogens with one attached hydrogen (secondary N) is 2. The van der Waals surface area contributed by atoms with E-state index in [1.165, 1.54) is 0 Å². The predicted octanol–water partition coefficient (Wildman–Crippen LogP) is -0.272. The minimum absolute atomic E-state index is 0.000818. The average molecular weight is 210 g/mol. The number of amides is 1. The lowest BCUT2D eigenvalue weighted by Gasteiger charge is -2.14. The third kappa shape index (κ3) is 6.73. The van der Waals surface area contributed by atoms with Crippen LogP contribution >= 0.6 is 0 Å². The molecule has 84 valence electrons. The maximum atomic E-state index is 12.4. The van der Waals surface area contributed by atoms with Gasteiger partial charge in [-0.1, -0.05) is 13.8 Å². The molecule has 0 aromatic rings. The van der Waals surface area contributed by atoms with E-state index in [9.17, 15) is 13.6 Å². The molecule has 0 heterocycles. The first-order chi connectivity index (χ1) is 6.37. The molecular formula is C8H16F2N2O2. The number of rotatable bonds is 6. The Labute approximate surface area is 81.7 Å². The van der Waals surface area contributed by atoms with Crippen LogP contribution in [0.4, 0.5) is 8.78 Å². The lowest BCUT2D eigenvalue weighted by Crippen LogP contribution is -2.43. The van der Waals surface area contributed by atoms with Crippen molar-refractivity contribution in [1.29, 1.82) is 0 Å². The van der Waals surface area contributed by atoms with Crippen LogP contribution in [0.15, 0.2) is 0 Å². The van der Waals surface area contributed by atoms with Gasteiger partial charge in [0.25, 0.3) is 5.92 Å². The van der Waals surface area contributed by atoms with Crippen LogP contribution < -0.4 is 10.6 Å². The standard InChI is InChI=1S/C8H16F2N2O2/c1-6(2)11-3-7(14)12-4-8(9,10)5-13/h6,11,13H,3-5H2,1-2H3,(H,12,14). The van der Waals surface area contributed by atoms with Crippen LogP contribution in [0.25, 0.3) is 0 Å². The predicted molar refractivity (Wildman–Crippen MR) is 48.2 cm³/mol. The number of halogens is 2. The van der Waals surface area contributed by atoms with Crippen molar-refractivity contribution < 1.29 is 18.7 Å². The molecule has 0 unspecified atom stereocenters. The van der Waals surface area contributed by atoms with Gasteiger partial charge in [0.15, 0.2) is 0 Å². The van der Waals surface area contributed by atoms with E-state index in [1.807, 2.05) is 19.2 Å². The Kier molecular flexibility index (Phi) is 5.56. The van der Waals surface area contributed by atoms with Crippen LogP contribution in [0.3, 0.4) is 0 Å². The molecule has 0 fully saturated rings. The summed E-state index contributed by atoms with van der Waals surface area (Å²) >= 11 is 0. The largest absolute Gasteiger partial charge is 0.390 e. The molecule has 0 saturated carbocycles. The highest BCUT2D eigenvalue weighted by atomic mass is 19.3. The molecule has 0 aliphatic heterocycles. The van der Waals surface area contributed by atoms with Gasteiger partial charge >= 0.3 is 0 Å². The normalized spacial score (nSPS) is 11.9. The van der Waals surface area contributed by atoms with Gasteiger partial charge < -0.3 is 15.7 Å². The molecule has 0 bridgehead atoms. The molecule has 14 heavy (non-hydrogen) atoms. The number of carbonyl (C=O) groups excluding carboxylic acids is 1. The summed E-state index contributed by atoms with van der Waals surface area (Å²) in [6.45, 7) is 1.59. The minimum atomic E-state index is -3.24. The molecule has 0 aromatic heterocycles. The molecule has 0 aromatic carbocycles. The highest BCUT2D eigenvalue weighted by Gasteiger charge is 2.27. The number of carbonyl (C=O) groups is 1. The van der Waals surface area contributed by atoms with Crippen molar-refractivity contribution in [2.45, 2.75) is 25.8 Å². The maximum absolute atomic E-state index is 12.4. The maximum Gasteiger partial charge on any atom is 0.287 e. The van der Waals surface area contributed by atoms with Gasteiger partial charge in [-0.05, 0) is 0 Å². The molecule has 0 rings (SSSR count). The molecule has 1 amide bonds. The molecule has 0 aliphatic rings. The smallest absolute Gasteiger partial charge is 0.287 e. The second kappa shape index (κ2) is 5.87. The fraction of sp³-hybridized carbons (Fsp3) is 0.875. The van der Waals surface area contributed by atoms with E-state index in [2.05, 4.69) is 5.32 Å². The molecule has 0 spiro atoms. The quantitative estimate of drug-likeness (QED) is 0.565. The summed E-state index contributed by atoms with van der Waals surface area (Å²) in [5.41, 5.74) is 0. The van der Waals surface area contributed by atoms with Crippen LogP contribution in [0.5, 0.6) is 0 Å². The first-order valence-corrected chi connectivity index (χ1v) is 4.36. The Balaban J connectivity index is 3.64. The summed E-state index contributed by atoms with van der Waals surface area (Å²) in [5, 5.41) is 13.0. The Bertz CT molecular complexity index is 186. The van der Waals surface area contributed by atoms with Crippen LogP contribution in [-0.2, 0) is 4.79 Å². The van der Waals surface area contributed by atoms with Gasteiger partial charge in [-0.25, -0.2) is 8.78 Å². The van der Waals surface area contributed by atoms with Crippen molar-refractivity contribution in [2.75, 3.05) is 19.7 Å². The zero-order valence-corrected chi connectivity index (χ0v) is 8.31. The first kappa shape index (κ1) is 13.2. The lowest BCUT2D eigenvalue weighted by molar-refractivity contribution is -0.123. The fourth-order valence-electron chi connectivity index (χ4n) is 0.643. The van der Waals surface area contributed by atoms with E-state index in [1.54, 1.807) is 0 Å². The van der Waals surface area contributed by atoms with Crippen molar-refractivity contribution in [1.82, 2.24) is 10.6 Å². The summed E-state index contributed by atoms with van der Waals surface area (Å²) in [6, 6.07) is 0.124. The highest BCUT2D eigenvalue weighted by molar-refractivity contribution is 5.78. The van der Waals surface area contributed by atoms with Gasteiger partial charge in [-0.2, -0.15) is 0 Å². The summed E-state index contributed by atoms with van der Waals surface area (Å²) < 4.78 is 24.9. The Morgan fingerprint density at radius 3 is 2.50 bits per heavy atom. The summed E-state index contributed by atoms with van der Waals surface area (Å²) in [7, 11) is 0. The Morgan fingerprint density at radius 1 is 1.50 bits per heavy atom. The number of aliphatic hydroxyl groups excluding tert-OH is 1. The van der Waals surface area contributed by atoms with E-state index in [0.29, 0.717) is 0 Å². The molecule has 0 saturated heterocycles. The summed E-state index contributed by atoms with van der Waals surface area (Å²) in [6.07, 6.45) is 0. The van der Waals surface area contributed by atoms with Crippen molar-refractivity contribution >= 4 is 5.91 Å². The molecule has 0 radical (unpaired) electrons. The number of hydrogen-bond donors (Lipinski definition) is 3. The summed E-state index contributed by atoms with van der Waals surface area (Å²) in [4.78, 5) is 10.9. The summed E-state index contributed by atoms with van der Waals surface area (Å²) in [5.74, 6) is -3.75. The SMILES string of the molecule is CC(C)NCC(=O)NCC(F)(F)CO. The molecule has 4 nitrogen and oxygen atoms in total. The topological polar surface area (TPSA) is 61.4 Å². The number of hydrogen-bond acceptors (Lipinski definition) is 3. The fourth-order valence-corrected chi connectivity index (χ4v) is 0.643. The van der Waals surface area contributed by atoms with Gasteiger partial charge in [0.1, 0.15) is 6.61 Å². The van der Waals surface area contributed by atoms with Crippen LogP contribution in [0.2, 0.25) is 0 Å². The minimum Gasteiger partial charge on any atom is -0.390 e. The Morgan fingerprint density at radius 2 is 2.07 bits per heavy atom. The van der Waals surface area contributed by atoms with E-state index < -0.39 is 25.0 Å². The second-order valence-electron chi connectivity index (χ2n) is 3.33. The monoisotopic (exact) mass is 210 g/mol. The van der Waals surface area contributed by atoms with Gasteiger partial charge in [0.2, 0.25) is 5.91 Å². The number of aliphatic hydroxyl groups is 1. The van der Waals surface area contributed by atoms with Gasteiger partial charge in [0.05, 0.1) is 13.1 Å². The first-order valence-electron chi connectivity index (χ1n) is 4.36. The van der Waals surface area contributed by atoms with Crippen molar-refractivity contribution in [3.05, 3.63) is 0 Å². The van der Waals surface area contributed by atoms with E-state index in [0.717, 1.165) is 0 Å². The Hall–Kier alpha value is -0.750. The molecule has 3 N–H and O–H groups in total. The third-order valence-corrected chi connectivity index (χ3v) is 1.45. The van der Waals surface area contributed by atoms with E-state index in [-0.39, 0.29) is 12.6 Å². The highest BCUT2D eigenvalue weighted by Crippen LogP contribution is 2.09. The van der Waals surface area contributed by atoms with E-state index in [4.69, 9.17) is 5.11 Å². The molecule has 0 atom stereocenters. The van der Waals surface area contributed by atoms with Crippen molar-refractivity contribution in [3.63, 3.8) is 0 Å². The third-order valence-electron chi connectivity index (χ3n) is 1.45. The van der Waals surface area contributed by atoms with Crippen LogP contribution in [0, 0.1) is 0 Å². The van der Waals surface area contributed by atoms with Crippen molar-refractivity contribution in [3.8, 4) is 0 Å². The lowest BCUT2D eigenvalue weighted by atomic mass is 10.3. The van der Waals surface area contributed by atoms with E-state index >= 15 is 0 Å². The van der Waals surface area contributed by atoms with Crippen LogP contribution in [-0.4, -0.2) is 42.7 Å². The van der Waals surface area contributed by atoms with Gasteiger partial charge in [-0.3, -0.25) is 4.79 Å². The molecule has 6 heteroatoms. The van der Waals surface area contributed by atoms with Crippen molar-refractivity contribution in [2.24, 2.45) is 0 Å². The number of alkyl halides is 2. The van der Waals surface area contributed by atoms with Gasteiger partial charge in [0, 0.05) is 6.04 Å². The van der Waals surface area contributed by atoms with Gasteiger partial charge in [-0.15, -0.1) is 0 Å². The molecular weight excluding hydrogens is 194 g/mol. The van der Waals surface area contributed by atoms with Crippen LogP contribution in [0.1, 0.15) is 13.8 Å². The second-order valence-corrected chi connectivity index (χ2v) is 3.33. The molecule has 0 aliphatic carbocycles. The zero-order chi connectivity index (χ0) is 11.2. The average Bonchev–Trinajstić information content (AvgIpc) is 2.11.